The lowest BCUT2D eigenvalue weighted by atomic mass is 9.93. The molecule has 1 unspecified atom stereocenters. The average Bonchev–Trinajstić information content (AvgIpc) is 2.93. The van der Waals surface area contributed by atoms with E-state index in [1.807, 2.05) is 12.1 Å². The molecule has 1 aliphatic rings. The lowest BCUT2D eigenvalue weighted by molar-refractivity contribution is 0.134. The van der Waals surface area contributed by atoms with Gasteiger partial charge in [-0.1, -0.05) is 42.8 Å². The number of nitrogens with one attached hydrogen (secondary N) is 1. The fourth-order valence-corrected chi connectivity index (χ4v) is 3.17. The van der Waals surface area contributed by atoms with E-state index in [2.05, 4.69) is 43.4 Å². The van der Waals surface area contributed by atoms with Crippen LogP contribution >= 0.6 is 11.6 Å². The van der Waals surface area contributed by atoms with Crippen LogP contribution in [-0.2, 0) is 18.0 Å². The van der Waals surface area contributed by atoms with Crippen LogP contribution in [0.15, 0.2) is 36.4 Å². The van der Waals surface area contributed by atoms with Gasteiger partial charge in [0.15, 0.2) is 0 Å². The molecular weight excluding hydrogens is 282 g/mol. The molecule has 110 valence electrons. The fraction of sp³-hybridized carbons (Fsp3) is 0.333. The van der Waals surface area contributed by atoms with Gasteiger partial charge in [-0.25, -0.2) is 0 Å². The number of benzene rings is 2. The van der Waals surface area contributed by atoms with Crippen LogP contribution in [0.2, 0.25) is 5.02 Å². The van der Waals surface area contributed by atoms with Gasteiger partial charge in [-0.05, 0) is 53.4 Å². The molecule has 1 atom stereocenters. The van der Waals surface area contributed by atoms with Gasteiger partial charge in [0.2, 0.25) is 0 Å². The van der Waals surface area contributed by atoms with E-state index < -0.39 is 0 Å². The summed E-state index contributed by atoms with van der Waals surface area (Å²) in [5.41, 5.74) is 6.39. The Balaban J connectivity index is 2.01. The Bertz CT molecular complexity index is 654. The standard InChI is InChI=1S/C18H20ClNO/c1-3-20-18(17-7-6-16(19)8-12(17)2)13-4-5-14-10-21-11-15(14)9-13/h4-9,18,20H,3,10-11H2,1-2H3. The van der Waals surface area contributed by atoms with E-state index in [0.717, 1.165) is 24.8 Å². The van der Waals surface area contributed by atoms with Gasteiger partial charge >= 0.3 is 0 Å². The SMILES string of the molecule is CCNC(c1ccc2c(c1)COC2)c1ccc(Cl)cc1C. The molecule has 3 rings (SSSR count). The predicted octanol–water partition coefficient (Wildman–Crippen LogP) is 4.38. The number of hydrogen-bond donors (Lipinski definition) is 1. The molecule has 0 fully saturated rings. The Labute approximate surface area is 131 Å². The highest BCUT2D eigenvalue weighted by molar-refractivity contribution is 6.30. The molecule has 1 heterocycles. The molecule has 0 aliphatic carbocycles. The molecule has 0 spiro atoms. The predicted molar refractivity (Wildman–Crippen MR) is 86.6 cm³/mol. The third kappa shape index (κ3) is 2.98. The van der Waals surface area contributed by atoms with Crippen LogP contribution in [0, 0.1) is 6.92 Å². The van der Waals surface area contributed by atoms with Crippen LogP contribution in [0.5, 0.6) is 0 Å². The van der Waals surface area contributed by atoms with E-state index in [1.165, 1.54) is 27.8 Å². The van der Waals surface area contributed by atoms with Gasteiger partial charge in [-0.3, -0.25) is 0 Å². The number of hydrogen-bond acceptors (Lipinski definition) is 2. The third-order valence-corrected chi connectivity index (χ3v) is 4.26. The van der Waals surface area contributed by atoms with Crippen LogP contribution in [-0.4, -0.2) is 6.54 Å². The van der Waals surface area contributed by atoms with Crippen molar-refractivity contribution >= 4 is 11.6 Å². The first-order valence-electron chi connectivity index (χ1n) is 7.38. The van der Waals surface area contributed by atoms with Gasteiger partial charge in [-0.15, -0.1) is 0 Å². The Morgan fingerprint density at radius 2 is 1.95 bits per heavy atom. The maximum Gasteiger partial charge on any atom is 0.0725 e. The lowest BCUT2D eigenvalue weighted by Crippen LogP contribution is -2.23. The summed E-state index contributed by atoms with van der Waals surface area (Å²) in [6.07, 6.45) is 0. The van der Waals surface area contributed by atoms with Crippen molar-refractivity contribution in [2.75, 3.05) is 6.54 Å². The van der Waals surface area contributed by atoms with Crippen molar-refractivity contribution in [3.05, 3.63) is 69.2 Å². The lowest BCUT2D eigenvalue weighted by Gasteiger charge is -2.22. The molecule has 0 bridgehead atoms. The van der Waals surface area contributed by atoms with Crippen molar-refractivity contribution in [3.63, 3.8) is 0 Å². The molecular formula is C18H20ClNO. The zero-order chi connectivity index (χ0) is 14.8. The molecule has 0 amide bonds. The van der Waals surface area contributed by atoms with Crippen molar-refractivity contribution in [1.82, 2.24) is 5.32 Å². The zero-order valence-corrected chi connectivity index (χ0v) is 13.2. The molecule has 1 aliphatic heterocycles. The van der Waals surface area contributed by atoms with Crippen molar-refractivity contribution in [3.8, 4) is 0 Å². The zero-order valence-electron chi connectivity index (χ0n) is 12.4. The minimum atomic E-state index is 0.193. The summed E-state index contributed by atoms with van der Waals surface area (Å²) in [5.74, 6) is 0. The molecule has 0 saturated carbocycles. The quantitative estimate of drug-likeness (QED) is 0.905. The first kappa shape index (κ1) is 14.6. The second kappa shape index (κ2) is 6.18. The van der Waals surface area contributed by atoms with Crippen LogP contribution < -0.4 is 5.32 Å². The smallest absolute Gasteiger partial charge is 0.0725 e. The highest BCUT2D eigenvalue weighted by atomic mass is 35.5. The minimum absolute atomic E-state index is 0.193. The Hall–Kier alpha value is -1.35. The molecule has 2 nitrogen and oxygen atoms in total. The number of fused-ring (bicyclic) bond motifs is 1. The first-order chi connectivity index (χ1) is 10.2. The van der Waals surface area contributed by atoms with E-state index in [0.29, 0.717) is 0 Å². The molecule has 0 aromatic heterocycles. The van der Waals surface area contributed by atoms with E-state index >= 15 is 0 Å². The van der Waals surface area contributed by atoms with Gasteiger partial charge in [0.25, 0.3) is 0 Å². The van der Waals surface area contributed by atoms with E-state index in [1.54, 1.807) is 0 Å². The molecule has 0 saturated heterocycles. The summed E-state index contributed by atoms with van der Waals surface area (Å²) >= 11 is 6.08. The van der Waals surface area contributed by atoms with Crippen LogP contribution in [0.4, 0.5) is 0 Å². The normalized spacial score (nSPS) is 15.0. The highest BCUT2D eigenvalue weighted by Gasteiger charge is 2.18. The maximum absolute atomic E-state index is 6.08. The van der Waals surface area contributed by atoms with Crippen molar-refractivity contribution in [1.29, 1.82) is 0 Å². The molecule has 2 aromatic rings. The van der Waals surface area contributed by atoms with Gasteiger partial charge in [-0.2, -0.15) is 0 Å². The summed E-state index contributed by atoms with van der Waals surface area (Å²) in [6.45, 7) is 6.63. The summed E-state index contributed by atoms with van der Waals surface area (Å²) in [6, 6.07) is 13.0. The molecule has 0 radical (unpaired) electrons. The topological polar surface area (TPSA) is 21.3 Å². The number of aryl methyl sites for hydroxylation is 1. The molecule has 1 N–H and O–H groups in total. The average molecular weight is 302 g/mol. The Morgan fingerprint density at radius 3 is 2.71 bits per heavy atom. The van der Waals surface area contributed by atoms with E-state index in [9.17, 15) is 0 Å². The van der Waals surface area contributed by atoms with Gasteiger partial charge in [0, 0.05) is 5.02 Å². The van der Waals surface area contributed by atoms with E-state index in [4.69, 9.17) is 16.3 Å². The van der Waals surface area contributed by atoms with Crippen LogP contribution in [0.1, 0.15) is 40.8 Å². The van der Waals surface area contributed by atoms with E-state index in [-0.39, 0.29) is 6.04 Å². The van der Waals surface area contributed by atoms with Crippen molar-refractivity contribution < 1.29 is 4.74 Å². The summed E-state index contributed by atoms with van der Waals surface area (Å²) in [4.78, 5) is 0. The number of rotatable bonds is 4. The van der Waals surface area contributed by atoms with Gasteiger partial charge in [0.05, 0.1) is 19.3 Å². The summed E-state index contributed by atoms with van der Waals surface area (Å²) < 4.78 is 5.52. The Morgan fingerprint density at radius 1 is 1.14 bits per heavy atom. The monoisotopic (exact) mass is 301 g/mol. The molecule has 3 heteroatoms. The summed E-state index contributed by atoms with van der Waals surface area (Å²) in [7, 11) is 0. The second-order valence-electron chi connectivity index (χ2n) is 5.51. The number of ether oxygens (including phenoxy) is 1. The van der Waals surface area contributed by atoms with Crippen molar-refractivity contribution in [2.45, 2.75) is 33.1 Å². The minimum Gasteiger partial charge on any atom is -0.372 e. The molecule has 21 heavy (non-hydrogen) atoms. The summed E-state index contributed by atoms with van der Waals surface area (Å²) in [5, 5.41) is 4.37. The van der Waals surface area contributed by atoms with Gasteiger partial charge < -0.3 is 10.1 Å². The van der Waals surface area contributed by atoms with Crippen LogP contribution in [0.3, 0.4) is 0 Å². The van der Waals surface area contributed by atoms with Crippen LogP contribution in [0.25, 0.3) is 0 Å². The fourth-order valence-electron chi connectivity index (χ4n) is 2.95. The van der Waals surface area contributed by atoms with Gasteiger partial charge in [0.1, 0.15) is 0 Å². The second-order valence-corrected chi connectivity index (χ2v) is 5.95. The highest BCUT2D eigenvalue weighted by Crippen LogP contribution is 2.30. The largest absolute Gasteiger partial charge is 0.372 e. The first-order valence-corrected chi connectivity index (χ1v) is 7.75. The maximum atomic E-state index is 6.08. The third-order valence-electron chi connectivity index (χ3n) is 4.03. The van der Waals surface area contributed by atoms with Crippen molar-refractivity contribution in [2.24, 2.45) is 0 Å². The molecule has 2 aromatic carbocycles. The number of halogens is 1. The Kier molecular flexibility index (Phi) is 4.29.